The van der Waals surface area contributed by atoms with Crippen LogP contribution in [0.4, 0.5) is 5.69 Å². The second kappa shape index (κ2) is 5.29. The Kier molecular flexibility index (Phi) is 3.33. The third kappa shape index (κ3) is 2.59. The van der Waals surface area contributed by atoms with Gasteiger partial charge < -0.3 is 4.74 Å². The van der Waals surface area contributed by atoms with Gasteiger partial charge in [0.2, 0.25) is 5.06 Å². The van der Waals surface area contributed by atoms with Crippen molar-refractivity contribution in [2.75, 3.05) is 0 Å². The Hall–Kier alpha value is -2.80. The number of rotatable bonds is 3. The van der Waals surface area contributed by atoms with E-state index >= 15 is 0 Å². The minimum absolute atomic E-state index is 0.0697. The molecule has 3 rings (SSSR count). The summed E-state index contributed by atoms with van der Waals surface area (Å²) in [6, 6.07) is 12.8. The normalized spacial score (nSPS) is 10.5. The lowest BCUT2D eigenvalue weighted by atomic mass is 10.2. The summed E-state index contributed by atoms with van der Waals surface area (Å²) in [6.07, 6.45) is 0. The van der Waals surface area contributed by atoms with Crippen LogP contribution in [-0.4, -0.2) is 15.3 Å². The maximum atomic E-state index is 12.0. The molecule has 7 heteroatoms. The number of fused-ring (bicyclic) bond motifs is 1. The smallest absolute Gasteiger partial charge is 0.344 e. The molecule has 2 aromatic carbocycles. The van der Waals surface area contributed by atoms with Crippen LogP contribution in [0.3, 0.4) is 0 Å². The van der Waals surface area contributed by atoms with Crippen LogP contribution >= 0.6 is 11.5 Å². The van der Waals surface area contributed by atoms with E-state index in [1.165, 1.54) is 18.2 Å². The van der Waals surface area contributed by atoms with Crippen molar-refractivity contribution in [3.8, 4) is 5.06 Å². The number of esters is 1. The van der Waals surface area contributed by atoms with Gasteiger partial charge in [0.1, 0.15) is 0 Å². The van der Waals surface area contributed by atoms with Gasteiger partial charge in [-0.3, -0.25) is 10.1 Å². The molecule has 0 spiro atoms. The Morgan fingerprint density at radius 3 is 2.67 bits per heavy atom. The van der Waals surface area contributed by atoms with Crippen LogP contribution in [0.2, 0.25) is 0 Å². The maximum absolute atomic E-state index is 12.0. The van der Waals surface area contributed by atoms with E-state index in [4.69, 9.17) is 4.74 Å². The summed E-state index contributed by atoms with van der Waals surface area (Å²) in [5.41, 5.74) is 0.894. The minimum atomic E-state index is -0.521. The fourth-order valence-electron chi connectivity index (χ4n) is 1.81. The van der Waals surface area contributed by atoms with Crippen LogP contribution in [-0.2, 0) is 0 Å². The summed E-state index contributed by atoms with van der Waals surface area (Å²) in [5.74, 6) is -0.521. The number of nitrogens with zero attached hydrogens (tertiary/aromatic N) is 2. The molecule has 21 heavy (non-hydrogen) atoms. The van der Waals surface area contributed by atoms with E-state index in [0.717, 1.165) is 11.5 Å². The third-order valence-corrected chi connectivity index (χ3v) is 3.59. The first-order valence-corrected chi connectivity index (χ1v) is 6.73. The largest absolute Gasteiger partial charge is 0.410 e. The number of aromatic nitrogens is 1. The van der Waals surface area contributed by atoms with Crippen LogP contribution in [0.25, 0.3) is 10.9 Å². The number of nitro benzene ring substituents is 1. The number of benzene rings is 2. The zero-order valence-electron chi connectivity index (χ0n) is 10.6. The molecule has 0 fully saturated rings. The quantitative estimate of drug-likeness (QED) is 0.420. The average molecular weight is 300 g/mol. The van der Waals surface area contributed by atoms with Crippen molar-refractivity contribution >= 4 is 34.1 Å². The van der Waals surface area contributed by atoms with Crippen molar-refractivity contribution in [1.29, 1.82) is 0 Å². The summed E-state index contributed by atoms with van der Waals surface area (Å²) in [5, 5.41) is 11.5. The Balaban J connectivity index is 1.95. The highest BCUT2D eigenvalue weighted by Crippen LogP contribution is 2.33. The fourth-order valence-corrected chi connectivity index (χ4v) is 2.53. The summed E-state index contributed by atoms with van der Waals surface area (Å²) >= 11 is 0.991. The molecule has 0 aliphatic carbocycles. The number of ether oxygens (including phenoxy) is 1. The standard InChI is InChI=1S/C14H8N2O4S/c17-13(9-4-2-1-3-5-9)20-14-11-8-10(16(18)19)6-7-12(11)15-21-14/h1-8H. The Labute approximate surface area is 122 Å². The molecule has 0 aliphatic rings. The molecule has 0 aliphatic heterocycles. The Morgan fingerprint density at radius 2 is 1.95 bits per heavy atom. The molecule has 0 saturated carbocycles. The number of nitro groups is 1. The van der Waals surface area contributed by atoms with Gasteiger partial charge in [0.05, 0.1) is 21.4 Å². The van der Waals surface area contributed by atoms with E-state index in [1.54, 1.807) is 30.3 Å². The minimum Gasteiger partial charge on any atom is -0.410 e. The zero-order valence-corrected chi connectivity index (χ0v) is 11.4. The lowest BCUT2D eigenvalue weighted by molar-refractivity contribution is -0.384. The van der Waals surface area contributed by atoms with Crippen molar-refractivity contribution < 1.29 is 14.5 Å². The molecule has 0 unspecified atom stereocenters. The predicted molar refractivity (Wildman–Crippen MR) is 77.7 cm³/mol. The SMILES string of the molecule is O=C(Oc1snc2ccc([N+](=O)[O-])cc12)c1ccccc1. The number of non-ortho nitro benzene ring substituents is 1. The second-order valence-electron chi connectivity index (χ2n) is 4.18. The maximum Gasteiger partial charge on any atom is 0.344 e. The lowest BCUT2D eigenvalue weighted by Crippen LogP contribution is -2.07. The van der Waals surface area contributed by atoms with E-state index in [9.17, 15) is 14.9 Å². The van der Waals surface area contributed by atoms with E-state index < -0.39 is 10.9 Å². The van der Waals surface area contributed by atoms with E-state index in [1.807, 2.05) is 0 Å². The molecule has 1 aromatic heterocycles. The first-order valence-electron chi connectivity index (χ1n) is 5.96. The molecule has 0 saturated heterocycles. The number of hydrogen-bond acceptors (Lipinski definition) is 6. The summed E-state index contributed by atoms with van der Waals surface area (Å²) in [6.45, 7) is 0. The molecule has 0 N–H and O–H groups in total. The van der Waals surface area contributed by atoms with Crippen molar-refractivity contribution in [2.45, 2.75) is 0 Å². The first-order chi connectivity index (χ1) is 10.1. The summed E-state index contributed by atoms with van der Waals surface area (Å²) in [7, 11) is 0. The van der Waals surface area contributed by atoms with Crippen molar-refractivity contribution in [2.24, 2.45) is 0 Å². The highest BCUT2D eigenvalue weighted by atomic mass is 32.1. The molecule has 104 valence electrons. The van der Waals surface area contributed by atoms with Gasteiger partial charge in [-0.25, -0.2) is 4.79 Å². The molecule has 6 nitrogen and oxygen atoms in total. The van der Waals surface area contributed by atoms with Gasteiger partial charge in [-0.2, -0.15) is 4.37 Å². The van der Waals surface area contributed by atoms with Crippen molar-refractivity contribution in [1.82, 2.24) is 4.37 Å². The van der Waals surface area contributed by atoms with Gasteiger partial charge >= 0.3 is 5.97 Å². The number of hydrogen-bond donors (Lipinski definition) is 0. The average Bonchev–Trinajstić information content (AvgIpc) is 2.90. The van der Waals surface area contributed by atoms with E-state index in [0.29, 0.717) is 16.5 Å². The highest BCUT2D eigenvalue weighted by molar-refractivity contribution is 7.09. The van der Waals surface area contributed by atoms with Crippen LogP contribution < -0.4 is 4.74 Å². The van der Waals surface area contributed by atoms with Gasteiger partial charge in [-0.15, -0.1) is 0 Å². The molecule has 0 amide bonds. The zero-order chi connectivity index (χ0) is 14.8. The summed E-state index contributed by atoms with van der Waals surface area (Å²) in [4.78, 5) is 22.3. The van der Waals surface area contributed by atoms with Gasteiger partial charge in [0.15, 0.2) is 0 Å². The molecular weight excluding hydrogens is 292 g/mol. The Bertz CT molecular complexity index is 829. The Morgan fingerprint density at radius 1 is 1.19 bits per heavy atom. The molecule has 0 atom stereocenters. The van der Waals surface area contributed by atoms with Crippen molar-refractivity contribution in [3.05, 3.63) is 64.2 Å². The van der Waals surface area contributed by atoms with Gasteiger partial charge in [-0.05, 0) is 18.2 Å². The third-order valence-electron chi connectivity index (χ3n) is 2.83. The second-order valence-corrected chi connectivity index (χ2v) is 4.92. The highest BCUT2D eigenvalue weighted by Gasteiger charge is 2.16. The lowest BCUT2D eigenvalue weighted by Gasteiger charge is -2.01. The molecular formula is C14H8N2O4S. The monoisotopic (exact) mass is 300 g/mol. The van der Waals surface area contributed by atoms with Gasteiger partial charge in [-0.1, -0.05) is 18.2 Å². The van der Waals surface area contributed by atoms with Crippen molar-refractivity contribution in [3.63, 3.8) is 0 Å². The molecule has 3 aromatic rings. The van der Waals surface area contributed by atoms with Gasteiger partial charge in [0.25, 0.3) is 5.69 Å². The van der Waals surface area contributed by atoms with Gasteiger partial charge in [0, 0.05) is 23.7 Å². The van der Waals surface area contributed by atoms with E-state index in [-0.39, 0.29) is 10.8 Å². The predicted octanol–water partition coefficient (Wildman–Crippen LogP) is 3.42. The molecule has 1 heterocycles. The number of carbonyl (C=O) groups excluding carboxylic acids is 1. The molecule has 0 bridgehead atoms. The van der Waals surface area contributed by atoms with E-state index in [2.05, 4.69) is 4.37 Å². The summed E-state index contributed by atoms with van der Waals surface area (Å²) < 4.78 is 9.39. The van der Waals surface area contributed by atoms with Crippen LogP contribution in [0.1, 0.15) is 10.4 Å². The van der Waals surface area contributed by atoms with Crippen LogP contribution in [0, 0.1) is 10.1 Å². The van der Waals surface area contributed by atoms with Crippen LogP contribution in [0.15, 0.2) is 48.5 Å². The molecule has 0 radical (unpaired) electrons. The first kappa shape index (κ1) is 13.2. The fraction of sp³-hybridized carbons (Fsp3) is 0. The number of carbonyl (C=O) groups is 1. The topological polar surface area (TPSA) is 82.3 Å². The van der Waals surface area contributed by atoms with Crippen LogP contribution in [0.5, 0.6) is 5.06 Å².